The zero-order valence-electron chi connectivity index (χ0n) is 12.8. The minimum absolute atomic E-state index is 0.0115. The van der Waals surface area contributed by atoms with E-state index in [1.54, 1.807) is 25.1 Å². The van der Waals surface area contributed by atoms with Gasteiger partial charge in [-0.3, -0.25) is 9.59 Å². The number of carbonyl (C=O) groups excluding carboxylic acids is 2. The maximum absolute atomic E-state index is 12.8. The molecule has 0 N–H and O–H groups in total. The van der Waals surface area contributed by atoms with Crippen LogP contribution in [0.15, 0.2) is 78.9 Å². The average Bonchev–Trinajstić information content (AvgIpc) is 2.62. The molecule has 0 radical (unpaired) electrons. The summed E-state index contributed by atoms with van der Waals surface area (Å²) >= 11 is 0. The summed E-state index contributed by atoms with van der Waals surface area (Å²) in [6, 6.07) is 24.0. The Morgan fingerprint density at radius 1 is 0.609 bits per heavy atom. The minimum atomic E-state index is -0.0421. The second-order valence-corrected chi connectivity index (χ2v) is 5.34. The molecule has 0 heterocycles. The highest BCUT2D eigenvalue weighted by Crippen LogP contribution is 2.29. The van der Waals surface area contributed by atoms with Crippen molar-refractivity contribution in [2.45, 2.75) is 6.92 Å². The van der Waals surface area contributed by atoms with E-state index >= 15 is 0 Å². The third kappa shape index (κ3) is 2.97. The van der Waals surface area contributed by atoms with Gasteiger partial charge >= 0.3 is 0 Å². The van der Waals surface area contributed by atoms with E-state index in [9.17, 15) is 9.59 Å². The number of carbonyl (C=O) groups is 2. The van der Waals surface area contributed by atoms with Crippen molar-refractivity contribution in [1.82, 2.24) is 0 Å². The van der Waals surface area contributed by atoms with Crippen LogP contribution in [-0.4, -0.2) is 11.6 Å². The van der Waals surface area contributed by atoms with E-state index in [1.807, 2.05) is 60.7 Å². The normalized spacial score (nSPS) is 10.3. The van der Waals surface area contributed by atoms with Gasteiger partial charge in [-0.25, -0.2) is 0 Å². The molecular formula is C21H16O2. The Bertz CT molecular complexity index is 864. The quantitative estimate of drug-likeness (QED) is 0.649. The zero-order chi connectivity index (χ0) is 16.2. The molecule has 23 heavy (non-hydrogen) atoms. The van der Waals surface area contributed by atoms with E-state index in [0.717, 1.165) is 11.1 Å². The Labute approximate surface area is 135 Å². The SMILES string of the molecule is CC(=O)c1ccccc1-c1ccccc1C(=O)c1ccccc1. The highest BCUT2D eigenvalue weighted by atomic mass is 16.1. The van der Waals surface area contributed by atoms with E-state index in [0.29, 0.717) is 16.7 Å². The van der Waals surface area contributed by atoms with Crippen molar-refractivity contribution in [3.63, 3.8) is 0 Å². The van der Waals surface area contributed by atoms with Crippen molar-refractivity contribution in [3.8, 4) is 11.1 Å². The van der Waals surface area contributed by atoms with Crippen molar-refractivity contribution >= 4 is 11.6 Å². The smallest absolute Gasteiger partial charge is 0.193 e. The molecule has 0 saturated carbocycles. The van der Waals surface area contributed by atoms with Crippen molar-refractivity contribution in [2.75, 3.05) is 0 Å². The molecule has 112 valence electrons. The summed E-state index contributed by atoms with van der Waals surface area (Å²) in [7, 11) is 0. The number of hydrogen-bond acceptors (Lipinski definition) is 2. The average molecular weight is 300 g/mol. The van der Waals surface area contributed by atoms with Crippen LogP contribution in [0.25, 0.3) is 11.1 Å². The van der Waals surface area contributed by atoms with Crippen LogP contribution in [-0.2, 0) is 0 Å². The van der Waals surface area contributed by atoms with E-state index in [-0.39, 0.29) is 11.6 Å². The molecule has 0 amide bonds. The number of ketones is 2. The Morgan fingerprint density at radius 2 is 1.09 bits per heavy atom. The van der Waals surface area contributed by atoms with Crippen LogP contribution in [0.1, 0.15) is 33.2 Å². The number of Topliss-reactive ketones (excluding diaryl/α,β-unsaturated/α-hetero) is 1. The lowest BCUT2D eigenvalue weighted by atomic mass is 9.90. The van der Waals surface area contributed by atoms with Crippen molar-refractivity contribution in [2.24, 2.45) is 0 Å². The van der Waals surface area contributed by atoms with Gasteiger partial charge in [0.05, 0.1) is 0 Å². The molecule has 0 bridgehead atoms. The van der Waals surface area contributed by atoms with Gasteiger partial charge in [0.1, 0.15) is 0 Å². The van der Waals surface area contributed by atoms with Crippen molar-refractivity contribution in [3.05, 3.63) is 95.6 Å². The fourth-order valence-corrected chi connectivity index (χ4v) is 2.69. The molecule has 0 aliphatic rings. The van der Waals surface area contributed by atoms with Crippen LogP contribution in [0.4, 0.5) is 0 Å². The van der Waals surface area contributed by atoms with Gasteiger partial charge in [0.2, 0.25) is 0 Å². The third-order valence-corrected chi connectivity index (χ3v) is 3.80. The van der Waals surface area contributed by atoms with Crippen LogP contribution in [0.5, 0.6) is 0 Å². The summed E-state index contributed by atoms with van der Waals surface area (Å²) in [4.78, 5) is 24.7. The van der Waals surface area contributed by atoms with E-state index in [1.165, 1.54) is 0 Å². The lowest BCUT2D eigenvalue weighted by Gasteiger charge is -2.12. The highest BCUT2D eigenvalue weighted by Gasteiger charge is 2.17. The molecule has 0 aliphatic heterocycles. The van der Waals surface area contributed by atoms with Gasteiger partial charge in [-0.05, 0) is 18.1 Å². The summed E-state index contributed by atoms with van der Waals surface area (Å²) in [5.74, 6) is -0.0536. The molecule has 0 fully saturated rings. The maximum atomic E-state index is 12.8. The lowest BCUT2D eigenvalue weighted by molar-refractivity contribution is 0.101. The van der Waals surface area contributed by atoms with Gasteiger partial charge in [-0.15, -0.1) is 0 Å². The first-order valence-electron chi connectivity index (χ1n) is 7.47. The Kier molecular flexibility index (Phi) is 4.15. The molecule has 3 aromatic rings. The standard InChI is InChI=1S/C21H16O2/c1-15(22)17-11-5-6-12-18(17)19-13-7-8-14-20(19)21(23)16-9-3-2-4-10-16/h2-14H,1H3. The molecule has 2 heteroatoms. The van der Waals surface area contributed by atoms with Gasteiger partial charge in [0.25, 0.3) is 0 Å². The molecule has 0 aliphatic carbocycles. The molecule has 0 aromatic heterocycles. The van der Waals surface area contributed by atoms with E-state index in [2.05, 4.69) is 0 Å². The first-order chi connectivity index (χ1) is 11.2. The fourth-order valence-electron chi connectivity index (χ4n) is 2.69. The predicted molar refractivity (Wildman–Crippen MR) is 91.8 cm³/mol. The monoisotopic (exact) mass is 300 g/mol. The highest BCUT2D eigenvalue weighted by molar-refractivity contribution is 6.14. The van der Waals surface area contributed by atoms with Gasteiger partial charge in [0.15, 0.2) is 11.6 Å². The Hall–Kier alpha value is -3.00. The number of benzene rings is 3. The minimum Gasteiger partial charge on any atom is -0.294 e. The summed E-state index contributed by atoms with van der Waals surface area (Å²) < 4.78 is 0. The van der Waals surface area contributed by atoms with Crippen LogP contribution < -0.4 is 0 Å². The van der Waals surface area contributed by atoms with Crippen LogP contribution in [0, 0.1) is 0 Å². The van der Waals surface area contributed by atoms with Crippen molar-refractivity contribution < 1.29 is 9.59 Å². The summed E-state index contributed by atoms with van der Waals surface area (Å²) in [5, 5.41) is 0. The second kappa shape index (κ2) is 6.41. The van der Waals surface area contributed by atoms with E-state index in [4.69, 9.17) is 0 Å². The summed E-state index contributed by atoms with van der Waals surface area (Å²) in [6.45, 7) is 1.54. The van der Waals surface area contributed by atoms with Gasteiger partial charge in [0, 0.05) is 16.7 Å². The second-order valence-electron chi connectivity index (χ2n) is 5.34. The Morgan fingerprint density at radius 3 is 1.70 bits per heavy atom. The molecule has 0 spiro atoms. The summed E-state index contributed by atoms with van der Waals surface area (Å²) in [5.41, 5.74) is 3.44. The molecular weight excluding hydrogens is 284 g/mol. The zero-order valence-corrected chi connectivity index (χ0v) is 12.8. The first-order valence-corrected chi connectivity index (χ1v) is 7.47. The molecule has 3 aromatic carbocycles. The first kappa shape index (κ1) is 14.9. The molecule has 0 saturated heterocycles. The Balaban J connectivity index is 2.17. The lowest BCUT2D eigenvalue weighted by Crippen LogP contribution is -2.05. The summed E-state index contributed by atoms with van der Waals surface area (Å²) in [6.07, 6.45) is 0. The topological polar surface area (TPSA) is 34.1 Å². The molecule has 0 atom stereocenters. The van der Waals surface area contributed by atoms with E-state index < -0.39 is 0 Å². The largest absolute Gasteiger partial charge is 0.294 e. The van der Waals surface area contributed by atoms with Crippen LogP contribution >= 0.6 is 0 Å². The van der Waals surface area contributed by atoms with Crippen molar-refractivity contribution in [1.29, 1.82) is 0 Å². The van der Waals surface area contributed by atoms with Gasteiger partial charge in [-0.1, -0.05) is 78.9 Å². The van der Waals surface area contributed by atoms with Gasteiger partial charge in [-0.2, -0.15) is 0 Å². The molecule has 2 nitrogen and oxygen atoms in total. The van der Waals surface area contributed by atoms with Crippen LogP contribution in [0.2, 0.25) is 0 Å². The maximum Gasteiger partial charge on any atom is 0.193 e. The molecule has 3 rings (SSSR count). The third-order valence-electron chi connectivity index (χ3n) is 3.80. The number of rotatable bonds is 4. The molecule has 0 unspecified atom stereocenters. The fraction of sp³-hybridized carbons (Fsp3) is 0.0476. The van der Waals surface area contributed by atoms with Gasteiger partial charge < -0.3 is 0 Å². The van der Waals surface area contributed by atoms with Crippen LogP contribution in [0.3, 0.4) is 0 Å². The number of hydrogen-bond donors (Lipinski definition) is 0. The predicted octanol–water partition coefficient (Wildman–Crippen LogP) is 4.79.